The van der Waals surface area contributed by atoms with Gasteiger partial charge in [-0.3, -0.25) is 4.89 Å². The maximum Gasteiger partial charge on any atom is 0.352 e. The van der Waals surface area contributed by atoms with Crippen molar-refractivity contribution in [1.82, 2.24) is 0 Å². The molecule has 6 N–H and O–H groups in total. The van der Waals surface area contributed by atoms with E-state index in [0.29, 0.717) is 25.2 Å². The molecule has 0 radical (unpaired) electrons. The molecule has 5 aliphatic carbocycles. The highest BCUT2D eigenvalue weighted by Gasteiger charge is 2.69. The smallest absolute Gasteiger partial charge is 0.352 e. The first-order valence-electron chi connectivity index (χ1n) is 17.4. The van der Waals surface area contributed by atoms with Crippen LogP contribution >= 0.6 is 0 Å². The Morgan fingerprint density at radius 2 is 1.63 bits per heavy atom. The Kier molecular flexibility index (Phi) is 8.50. The van der Waals surface area contributed by atoms with Gasteiger partial charge >= 0.3 is 5.97 Å². The van der Waals surface area contributed by atoms with Gasteiger partial charge in [0.25, 0.3) is 0 Å². The van der Waals surface area contributed by atoms with Crippen LogP contribution in [-0.4, -0.2) is 86.1 Å². The van der Waals surface area contributed by atoms with Crippen molar-refractivity contribution in [3.8, 4) is 0 Å². The molecule has 46 heavy (non-hydrogen) atoms. The minimum absolute atomic E-state index is 0.0999. The second-order valence-electron chi connectivity index (χ2n) is 17.0. The van der Waals surface area contributed by atoms with Gasteiger partial charge in [0, 0.05) is 0 Å². The van der Waals surface area contributed by atoms with Crippen molar-refractivity contribution in [3.05, 3.63) is 22.8 Å². The van der Waals surface area contributed by atoms with Crippen LogP contribution in [0.3, 0.4) is 0 Å². The summed E-state index contributed by atoms with van der Waals surface area (Å²) in [6, 6.07) is 0. The van der Waals surface area contributed by atoms with Crippen molar-refractivity contribution in [2.75, 3.05) is 6.61 Å². The number of ether oxygens (including phenoxy) is 1. The Labute approximate surface area is 272 Å². The van der Waals surface area contributed by atoms with Gasteiger partial charge in [-0.15, -0.1) is 4.89 Å². The second kappa shape index (κ2) is 11.3. The summed E-state index contributed by atoms with van der Waals surface area (Å²) in [5, 5.41) is 62.5. The van der Waals surface area contributed by atoms with Gasteiger partial charge < -0.3 is 35.4 Å². The minimum atomic E-state index is -1.68. The topological polar surface area (TPSA) is 166 Å². The first-order valence-corrected chi connectivity index (χ1v) is 17.4. The van der Waals surface area contributed by atoms with Gasteiger partial charge in [-0.2, -0.15) is 0 Å². The molecule has 6 aliphatic rings. The molecule has 0 amide bonds. The standard InChI is InChI=1S/C36H56O10/c1-18-10-13-36(31(43)46-45-30-28(41)27(40)26(39)22(17-37)44-30)15-14-34(6)20(25(36)19(18)2)8-9-24-33(5)16-21(38)29(42)32(3,4)23(33)11-12-35(24,34)7/h8,18,21-24,26-30,37-42H,9-17H2,1-7H3/t18-,21-,22-,23+,24-,26-,27+,28-,29-,30+,33+,34-,35-,36+/m1/s1. The summed E-state index contributed by atoms with van der Waals surface area (Å²) >= 11 is 0. The highest BCUT2D eigenvalue weighted by atomic mass is 17.2. The molecule has 10 heteroatoms. The van der Waals surface area contributed by atoms with E-state index in [4.69, 9.17) is 14.5 Å². The highest BCUT2D eigenvalue weighted by Crippen LogP contribution is 2.75. The lowest BCUT2D eigenvalue weighted by Crippen LogP contribution is -2.66. The van der Waals surface area contributed by atoms with Crippen molar-refractivity contribution in [3.63, 3.8) is 0 Å². The first kappa shape index (κ1) is 34.5. The van der Waals surface area contributed by atoms with Crippen LogP contribution in [0.4, 0.5) is 0 Å². The van der Waals surface area contributed by atoms with Crippen LogP contribution in [-0.2, 0) is 19.3 Å². The fraction of sp³-hybridized carbons (Fsp3) is 0.861. The number of hydrogen-bond donors (Lipinski definition) is 6. The maximum absolute atomic E-state index is 14.2. The molecule has 4 fully saturated rings. The number of hydrogen-bond acceptors (Lipinski definition) is 10. The van der Waals surface area contributed by atoms with E-state index in [0.717, 1.165) is 37.7 Å². The summed E-state index contributed by atoms with van der Waals surface area (Å²) in [5.74, 6) is 0.288. The molecule has 0 aromatic heterocycles. The van der Waals surface area contributed by atoms with Gasteiger partial charge in [0.05, 0.1) is 24.2 Å². The number of aliphatic hydroxyl groups is 6. The maximum atomic E-state index is 14.2. The van der Waals surface area contributed by atoms with Gasteiger partial charge in [0.2, 0.25) is 6.29 Å². The van der Waals surface area contributed by atoms with Gasteiger partial charge in [-0.05, 0) is 109 Å². The van der Waals surface area contributed by atoms with Crippen molar-refractivity contribution < 1.29 is 49.9 Å². The average molecular weight is 649 g/mol. The molecule has 10 nitrogen and oxygen atoms in total. The van der Waals surface area contributed by atoms with E-state index in [-0.39, 0.29) is 28.1 Å². The van der Waals surface area contributed by atoms with Crippen molar-refractivity contribution in [2.24, 2.45) is 44.8 Å². The van der Waals surface area contributed by atoms with Crippen LogP contribution < -0.4 is 0 Å². The summed E-state index contributed by atoms with van der Waals surface area (Å²) in [6.45, 7) is 15.1. The largest absolute Gasteiger partial charge is 0.394 e. The second-order valence-corrected chi connectivity index (χ2v) is 17.0. The number of allylic oxidation sites excluding steroid dienone is 3. The molecule has 1 aliphatic heterocycles. The molecule has 0 unspecified atom stereocenters. The summed E-state index contributed by atoms with van der Waals surface area (Å²) in [7, 11) is 0. The predicted octanol–water partition coefficient (Wildman–Crippen LogP) is 3.31. The summed E-state index contributed by atoms with van der Waals surface area (Å²) < 4.78 is 5.43. The fourth-order valence-corrected chi connectivity index (χ4v) is 11.7. The molecule has 0 aromatic rings. The van der Waals surface area contributed by atoms with Crippen LogP contribution in [0, 0.1) is 44.8 Å². The summed E-state index contributed by atoms with van der Waals surface area (Å²) in [4.78, 5) is 25.0. The number of carbonyl (C=O) groups is 1. The van der Waals surface area contributed by atoms with Gasteiger partial charge in [0.15, 0.2) is 0 Å². The molecule has 14 atom stereocenters. The molecular weight excluding hydrogens is 592 g/mol. The molecule has 1 saturated heterocycles. The van der Waals surface area contributed by atoms with E-state index >= 15 is 0 Å². The Hall–Kier alpha value is -1.37. The van der Waals surface area contributed by atoms with Gasteiger partial charge in [0.1, 0.15) is 24.4 Å². The number of rotatable bonds is 4. The van der Waals surface area contributed by atoms with E-state index in [1.54, 1.807) is 0 Å². The molecule has 6 rings (SSSR count). The quantitative estimate of drug-likeness (QED) is 0.197. The summed E-state index contributed by atoms with van der Waals surface area (Å²) in [6.07, 6.45) is -0.681. The molecule has 1 heterocycles. The van der Waals surface area contributed by atoms with E-state index in [1.165, 1.54) is 11.1 Å². The van der Waals surface area contributed by atoms with E-state index in [1.807, 2.05) is 0 Å². The fourth-order valence-electron chi connectivity index (χ4n) is 11.7. The van der Waals surface area contributed by atoms with Gasteiger partial charge in [-0.25, -0.2) is 4.79 Å². The van der Waals surface area contributed by atoms with Crippen LogP contribution in [0.15, 0.2) is 22.8 Å². The third-order valence-corrected chi connectivity index (χ3v) is 14.8. The predicted molar refractivity (Wildman–Crippen MR) is 167 cm³/mol. The van der Waals surface area contributed by atoms with Crippen LogP contribution in [0.5, 0.6) is 0 Å². The monoisotopic (exact) mass is 648 g/mol. The zero-order valence-electron chi connectivity index (χ0n) is 28.5. The number of fused-ring (bicyclic) bond motifs is 7. The number of carbonyl (C=O) groups excluding carboxylic acids is 1. The Bertz CT molecular complexity index is 1290. The lowest BCUT2D eigenvalue weighted by atomic mass is 9.34. The average Bonchev–Trinajstić information content (AvgIpc) is 3.00. The molecule has 3 saturated carbocycles. The Morgan fingerprint density at radius 3 is 2.30 bits per heavy atom. The molecule has 0 aromatic carbocycles. The summed E-state index contributed by atoms with van der Waals surface area (Å²) in [5.41, 5.74) is 1.58. The van der Waals surface area contributed by atoms with E-state index < -0.39 is 66.3 Å². The lowest BCUT2D eigenvalue weighted by Gasteiger charge is -2.70. The zero-order valence-corrected chi connectivity index (χ0v) is 28.5. The minimum Gasteiger partial charge on any atom is -0.394 e. The van der Waals surface area contributed by atoms with Crippen molar-refractivity contribution in [2.45, 2.75) is 143 Å². The van der Waals surface area contributed by atoms with E-state index in [2.05, 4.69) is 54.5 Å². The molecule has 0 bridgehead atoms. The van der Waals surface area contributed by atoms with Crippen molar-refractivity contribution in [1.29, 1.82) is 0 Å². The van der Waals surface area contributed by atoms with Crippen LogP contribution in [0.25, 0.3) is 0 Å². The third kappa shape index (κ3) is 4.54. The SMILES string of the molecule is CC1=C2C3=CC[C@@H]4[C@@]5(C)C[C@@H](O)[C@@H](O)C(C)(C)[C@@H]5CC[C@@]4(C)[C@]3(C)CC[C@@]2(C(=O)OO[C@@H]2O[C@H](CO)[C@@H](O)[C@H](O)[C@H]2O)CC[C@H]1C. The first-order chi connectivity index (χ1) is 21.4. The number of aliphatic hydroxyl groups excluding tert-OH is 6. The normalized spacial score (nSPS) is 51.6. The zero-order chi connectivity index (χ0) is 33.8. The molecule has 260 valence electrons. The van der Waals surface area contributed by atoms with E-state index in [9.17, 15) is 35.4 Å². The highest BCUT2D eigenvalue weighted by molar-refractivity contribution is 5.83. The molecule has 0 spiro atoms. The van der Waals surface area contributed by atoms with Crippen molar-refractivity contribution >= 4 is 5.97 Å². The molecular formula is C36H56O10. The van der Waals surface area contributed by atoms with Gasteiger partial charge in [-0.1, -0.05) is 53.2 Å². The Morgan fingerprint density at radius 1 is 0.935 bits per heavy atom. The van der Waals surface area contributed by atoms with Crippen LogP contribution in [0.2, 0.25) is 0 Å². The Balaban J connectivity index is 1.34. The third-order valence-electron chi connectivity index (χ3n) is 14.8. The lowest BCUT2D eigenvalue weighted by molar-refractivity contribution is -0.407. The van der Waals surface area contributed by atoms with Crippen LogP contribution in [0.1, 0.15) is 99.8 Å².